The Morgan fingerprint density at radius 3 is 2.27 bits per heavy atom. The number of ether oxygens (including phenoxy) is 3. The molecule has 0 aromatic heterocycles. The first-order chi connectivity index (χ1) is 5.24. The molecular formula is C7H14O4. The SMILES string of the molecule is CCC(=O)OCC(OC)OC. The topological polar surface area (TPSA) is 44.8 Å². The second kappa shape index (κ2) is 6.12. The Kier molecular flexibility index (Phi) is 5.78. The lowest BCUT2D eigenvalue weighted by atomic mass is 10.5. The minimum atomic E-state index is -0.453. The first-order valence-corrected chi connectivity index (χ1v) is 3.45. The molecule has 4 heteroatoms. The van der Waals surface area contributed by atoms with E-state index in [1.165, 1.54) is 14.2 Å². The molecule has 0 amide bonds. The van der Waals surface area contributed by atoms with Crippen molar-refractivity contribution in [2.24, 2.45) is 0 Å². The maximum absolute atomic E-state index is 10.6. The third kappa shape index (κ3) is 4.75. The van der Waals surface area contributed by atoms with Gasteiger partial charge in [-0.25, -0.2) is 0 Å². The van der Waals surface area contributed by atoms with Crippen LogP contribution >= 0.6 is 0 Å². The highest BCUT2D eigenvalue weighted by Crippen LogP contribution is 1.93. The molecule has 0 aromatic rings. The maximum Gasteiger partial charge on any atom is 0.305 e. The number of methoxy groups -OCH3 is 2. The van der Waals surface area contributed by atoms with Crippen molar-refractivity contribution < 1.29 is 19.0 Å². The number of esters is 1. The Balaban J connectivity index is 3.42. The number of hydrogen-bond acceptors (Lipinski definition) is 4. The maximum atomic E-state index is 10.6. The highest BCUT2D eigenvalue weighted by Gasteiger charge is 2.07. The molecule has 0 aliphatic rings. The minimum absolute atomic E-state index is 0.152. The lowest BCUT2D eigenvalue weighted by Gasteiger charge is -2.12. The summed E-state index contributed by atoms with van der Waals surface area (Å²) in [7, 11) is 2.99. The van der Waals surface area contributed by atoms with Crippen molar-refractivity contribution in [3.8, 4) is 0 Å². The molecule has 0 bridgehead atoms. The molecular weight excluding hydrogens is 148 g/mol. The van der Waals surface area contributed by atoms with Crippen LogP contribution in [0.3, 0.4) is 0 Å². The lowest BCUT2D eigenvalue weighted by molar-refractivity contribution is -0.166. The van der Waals surface area contributed by atoms with Crippen molar-refractivity contribution in [3.05, 3.63) is 0 Å². The molecule has 0 aliphatic carbocycles. The number of carbonyl (C=O) groups excluding carboxylic acids is 1. The van der Waals surface area contributed by atoms with Crippen LogP contribution in [0.25, 0.3) is 0 Å². The number of rotatable bonds is 5. The fraction of sp³-hybridized carbons (Fsp3) is 0.857. The lowest BCUT2D eigenvalue weighted by Crippen LogP contribution is -2.22. The van der Waals surface area contributed by atoms with Gasteiger partial charge in [-0.1, -0.05) is 6.92 Å². The Morgan fingerprint density at radius 1 is 1.36 bits per heavy atom. The van der Waals surface area contributed by atoms with E-state index in [-0.39, 0.29) is 12.6 Å². The molecule has 0 saturated heterocycles. The van der Waals surface area contributed by atoms with Crippen LogP contribution in [-0.2, 0) is 19.0 Å². The van der Waals surface area contributed by atoms with Gasteiger partial charge >= 0.3 is 5.97 Å². The standard InChI is InChI=1S/C7H14O4/c1-4-6(8)11-5-7(9-2)10-3/h7H,4-5H2,1-3H3. The molecule has 0 N–H and O–H groups in total. The highest BCUT2D eigenvalue weighted by atomic mass is 16.7. The van der Waals surface area contributed by atoms with Crippen LogP contribution in [0, 0.1) is 0 Å². The van der Waals surface area contributed by atoms with Gasteiger partial charge in [0.15, 0.2) is 6.29 Å². The summed E-state index contributed by atoms with van der Waals surface area (Å²) in [6, 6.07) is 0. The molecule has 0 spiro atoms. The summed E-state index contributed by atoms with van der Waals surface area (Å²) in [6.45, 7) is 1.89. The number of carbonyl (C=O) groups is 1. The fourth-order valence-electron chi connectivity index (χ4n) is 0.495. The molecule has 0 radical (unpaired) electrons. The predicted octanol–water partition coefficient (Wildman–Crippen LogP) is 0.558. The van der Waals surface area contributed by atoms with Crippen molar-refractivity contribution in [1.29, 1.82) is 0 Å². The van der Waals surface area contributed by atoms with Gasteiger partial charge < -0.3 is 14.2 Å². The number of hydrogen-bond donors (Lipinski definition) is 0. The van der Waals surface area contributed by atoms with E-state index in [2.05, 4.69) is 0 Å². The van der Waals surface area contributed by atoms with Gasteiger partial charge in [0.2, 0.25) is 0 Å². The van der Waals surface area contributed by atoms with Crippen molar-refractivity contribution in [1.82, 2.24) is 0 Å². The van der Waals surface area contributed by atoms with E-state index in [0.29, 0.717) is 6.42 Å². The zero-order chi connectivity index (χ0) is 8.69. The Morgan fingerprint density at radius 2 is 1.91 bits per heavy atom. The van der Waals surface area contributed by atoms with Gasteiger partial charge in [-0.3, -0.25) is 4.79 Å². The van der Waals surface area contributed by atoms with Gasteiger partial charge in [0.1, 0.15) is 6.61 Å². The first-order valence-electron chi connectivity index (χ1n) is 3.45. The molecule has 0 aliphatic heterocycles. The second-order valence-electron chi connectivity index (χ2n) is 1.94. The van der Waals surface area contributed by atoms with E-state index in [1.807, 2.05) is 0 Å². The minimum Gasteiger partial charge on any atom is -0.460 e. The van der Waals surface area contributed by atoms with Crippen LogP contribution < -0.4 is 0 Å². The van der Waals surface area contributed by atoms with Crippen LogP contribution in [-0.4, -0.2) is 33.1 Å². The molecule has 11 heavy (non-hydrogen) atoms. The van der Waals surface area contributed by atoms with Crippen molar-refractivity contribution in [2.75, 3.05) is 20.8 Å². The molecule has 0 unspecified atom stereocenters. The zero-order valence-corrected chi connectivity index (χ0v) is 7.12. The summed E-state index contributed by atoms with van der Waals surface area (Å²) in [5.74, 6) is -0.246. The quantitative estimate of drug-likeness (QED) is 0.437. The molecule has 66 valence electrons. The largest absolute Gasteiger partial charge is 0.460 e. The van der Waals surface area contributed by atoms with E-state index in [0.717, 1.165) is 0 Å². The van der Waals surface area contributed by atoms with Crippen LogP contribution in [0.5, 0.6) is 0 Å². The van der Waals surface area contributed by atoms with E-state index < -0.39 is 6.29 Å². The average molecular weight is 162 g/mol. The van der Waals surface area contributed by atoms with Crippen LogP contribution in [0.15, 0.2) is 0 Å². The summed E-state index contributed by atoms with van der Waals surface area (Å²) in [6.07, 6.45) is -0.0781. The second-order valence-corrected chi connectivity index (χ2v) is 1.94. The molecule has 4 nitrogen and oxygen atoms in total. The molecule has 0 rings (SSSR count). The van der Waals surface area contributed by atoms with Crippen LogP contribution in [0.4, 0.5) is 0 Å². The highest BCUT2D eigenvalue weighted by molar-refractivity contribution is 5.68. The van der Waals surface area contributed by atoms with Crippen LogP contribution in [0.1, 0.15) is 13.3 Å². The normalized spacial score (nSPS) is 10.2. The smallest absolute Gasteiger partial charge is 0.305 e. The summed E-state index contributed by atoms with van der Waals surface area (Å²) >= 11 is 0. The predicted molar refractivity (Wildman–Crippen MR) is 39.1 cm³/mol. The van der Waals surface area contributed by atoms with Gasteiger partial charge in [0, 0.05) is 20.6 Å². The van der Waals surface area contributed by atoms with Gasteiger partial charge in [-0.2, -0.15) is 0 Å². The van der Waals surface area contributed by atoms with Crippen molar-refractivity contribution >= 4 is 5.97 Å². The average Bonchev–Trinajstić information content (AvgIpc) is 2.06. The van der Waals surface area contributed by atoms with E-state index in [4.69, 9.17) is 14.2 Å². The summed E-state index contributed by atoms with van der Waals surface area (Å²) in [5.41, 5.74) is 0. The molecule has 0 fully saturated rings. The van der Waals surface area contributed by atoms with E-state index in [1.54, 1.807) is 6.92 Å². The van der Waals surface area contributed by atoms with Crippen LogP contribution in [0.2, 0.25) is 0 Å². The van der Waals surface area contributed by atoms with Gasteiger partial charge in [-0.05, 0) is 0 Å². The third-order valence-corrected chi connectivity index (χ3v) is 1.19. The van der Waals surface area contributed by atoms with Crippen molar-refractivity contribution in [3.63, 3.8) is 0 Å². The third-order valence-electron chi connectivity index (χ3n) is 1.19. The van der Waals surface area contributed by atoms with E-state index >= 15 is 0 Å². The molecule has 0 atom stereocenters. The van der Waals surface area contributed by atoms with Gasteiger partial charge in [0.25, 0.3) is 0 Å². The Labute approximate surface area is 66.4 Å². The van der Waals surface area contributed by atoms with E-state index in [9.17, 15) is 4.79 Å². The fourth-order valence-corrected chi connectivity index (χ4v) is 0.495. The monoisotopic (exact) mass is 162 g/mol. The Hall–Kier alpha value is -0.610. The zero-order valence-electron chi connectivity index (χ0n) is 7.12. The van der Waals surface area contributed by atoms with Gasteiger partial charge in [-0.15, -0.1) is 0 Å². The Bertz CT molecular complexity index is 109. The molecule has 0 aromatic carbocycles. The summed E-state index contributed by atoms with van der Waals surface area (Å²) < 4.78 is 14.3. The van der Waals surface area contributed by atoms with Gasteiger partial charge in [0.05, 0.1) is 0 Å². The first kappa shape index (κ1) is 10.4. The molecule has 0 saturated carbocycles. The summed E-state index contributed by atoms with van der Waals surface area (Å²) in [5, 5.41) is 0. The summed E-state index contributed by atoms with van der Waals surface area (Å²) in [4.78, 5) is 10.6. The molecule has 0 heterocycles. The van der Waals surface area contributed by atoms with Crippen molar-refractivity contribution in [2.45, 2.75) is 19.6 Å².